The Hall–Kier alpha value is -1.43. The van der Waals surface area contributed by atoms with Crippen LogP contribution >= 0.6 is 0 Å². The van der Waals surface area contributed by atoms with Crippen LogP contribution in [-0.4, -0.2) is 26.4 Å². The van der Waals surface area contributed by atoms with E-state index in [9.17, 15) is 4.79 Å². The first-order chi connectivity index (χ1) is 7.84. The van der Waals surface area contributed by atoms with Gasteiger partial charge in [0, 0.05) is 11.6 Å². The maximum absolute atomic E-state index is 11.7. The van der Waals surface area contributed by atoms with Gasteiger partial charge in [-0.15, -0.1) is 5.10 Å². The van der Waals surface area contributed by atoms with Gasteiger partial charge in [-0.3, -0.25) is 4.79 Å². The second-order valence-corrected chi connectivity index (χ2v) is 4.92. The first kappa shape index (κ1) is 13.6. The van der Waals surface area contributed by atoms with Crippen molar-refractivity contribution in [2.45, 2.75) is 52.2 Å². The largest absolute Gasteiger partial charge is 0.350 e. The summed E-state index contributed by atoms with van der Waals surface area (Å²) >= 11 is 0. The van der Waals surface area contributed by atoms with Crippen LogP contribution in [0.5, 0.6) is 0 Å². The Morgan fingerprint density at radius 1 is 1.65 bits per heavy atom. The van der Waals surface area contributed by atoms with Gasteiger partial charge >= 0.3 is 0 Å². The van der Waals surface area contributed by atoms with Crippen LogP contribution in [0, 0.1) is 0 Å². The molecule has 0 bridgehead atoms. The van der Waals surface area contributed by atoms with Gasteiger partial charge in [0.25, 0.3) is 0 Å². The number of hydrogen-bond acceptors (Lipinski definition) is 4. The number of carbonyl (C=O) groups is 1. The Kier molecular flexibility index (Phi) is 4.22. The average molecular weight is 239 g/mol. The number of nitrogens with zero attached hydrogens (tertiary/aromatic N) is 3. The van der Waals surface area contributed by atoms with Gasteiger partial charge in [0.2, 0.25) is 5.91 Å². The number of carbonyl (C=O) groups excluding carboxylic acids is 1. The second kappa shape index (κ2) is 5.27. The molecule has 0 fully saturated rings. The summed E-state index contributed by atoms with van der Waals surface area (Å²) in [6.45, 7) is 8.00. The predicted octanol–water partition coefficient (Wildman–Crippen LogP) is 0.603. The number of amides is 1. The van der Waals surface area contributed by atoms with Gasteiger partial charge in [0.05, 0.1) is 11.9 Å². The molecule has 1 aromatic rings. The van der Waals surface area contributed by atoms with Crippen molar-refractivity contribution in [2.75, 3.05) is 0 Å². The number of rotatable bonds is 5. The molecule has 0 radical (unpaired) electrons. The van der Waals surface area contributed by atoms with E-state index in [0.29, 0.717) is 5.69 Å². The Morgan fingerprint density at radius 3 is 2.76 bits per heavy atom. The lowest BCUT2D eigenvalue weighted by Crippen LogP contribution is -2.44. The highest BCUT2D eigenvalue weighted by Crippen LogP contribution is 2.07. The Morgan fingerprint density at radius 2 is 2.29 bits per heavy atom. The van der Waals surface area contributed by atoms with Crippen molar-refractivity contribution in [1.29, 1.82) is 0 Å². The van der Waals surface area contributed by atoms with E-state index in [0.717, 1.165) is 6.42 Å². The highest BCUT2D eigenvalue weighted by molar-refractivity contribution is 5.76. The number of nitrogens with two attached hydrogens (primary N) is 1. The molecule has 1 rings (SSSR count). The lowest BCUT2D eigenvalue weighted by molar-refractivity contribution is -0.123. The fourth-order valence-electron chi connectivity index (χ4n) is 1.25. The van der Waals surface area contributed by atoms with Crippen molar-refractivity contribution in [2.24, 2.45) is 5.73 Å². The summed E-state index contributed by atoms with van der Waals surface area (Å²) in [4.78, 5) is 11.7. The van der Waals surface area contributed by atoms with Gasteiger partial charge in [-0.2, -0.15) is 0 Å². The normalized spacial score (nSPS) is 13.5. The maximum atomic E-state index is 11.7. The van der Waals surface area contributed by atoms with E-state index in [4.69, 9.17) is 5.73 Å². The van der Waals surface area contributed by atoms with Gasteiger partial charge in [0.15, 0.2) is 0 Å². The van der Waals surface area contributed by atoms with E-state index in [1.54, 1.807) is 6.20 Å². The highest BCUT2D eigenvalue weighted by atomic mass is 16.2. The van der Waals surface area contributed by atoms with E-state index in [-0.39, 0.29) is 24.0 Å². The first-order valence-electron chi connectivity index (χ1n) is 5.80. The molecule has 6 heteroatoms. The molecule has 0 saturated carbocycles. The number of nitrogens with one attached hydrogen (secondary N) is 1. The van der Waals surface area contributed by atoms with Crippen molar-refractivity contribution < 1.29 is 4.79 Å². The van der Waals surface area contributed by atoms with Crippen LogP contribution in [0.4, 0.5) is 0 Å². The van der Waals surface area contributed by atoms with Crippen molar-refractivity contribution in [1.82, 2.24) is 20.3 Å². The Bertz CT molecular complexity index is 383. The first-order valence-corrected chi connectivity index (χ1v) is 5.80. The Labute approximate surface area is 102 Å². The topological polar surface area (TPSA) is 85.8 Å². The molecule has 3 N–H and O–H groups in total. The molecule has 1 atom stereocenters. The highest BCUT2D eigenvalue weighted by Gasteiger charge is 2.18. The molecule has 1 unspecified atom stereocenters. The van der Waals surface area contributed by atoms with Gasteiger partial charge in [-0.25, -0.2) is 4.68 Å². The van der Waals surface area contributed by atoms with Crippen LogP contribution in [0.25, 0.3) is 0 Å². The molecule has 0 saturated heterocycles. The lowest BCUT2D eigenvalue weighted by atomic mass is 10.0. The van der Waals surface area contributed by atoms with Crippen LogP contribution in [0.1, 0.15) is 45.9 Å². The molecule has 0 aromatic carbocycles. The molecule has 1 aromatic heterocycles. The quantitative estimate of drug-likeness (QED) is 0.788. The zero-order valence-electron chi connectivity index (χ0n) is 10.9. The van der Waals surface area contributed by atoms with Crippen LogP contribution in [0.2, 0.25) is 0 Å². The van der Waals surface area contributed by atoms with E-state index >= 15 is 0 Å². The van der Waals surface area contributed by atoms with Gasteiger partial charge in [-0.05, 0) is 27.2 Å². The van der Waals surface area contributed by atoms with Gasteiger partial charge in [0.1, 0.15) is 6.54 Å². The molecule has 1 heterocycles. The van der Waals surface area contributed by atoms with E-state index < -0.39 is 0 Å². The summed E-state index contributed by atoms with van der Waals surface area (Å²) in [5, 5.41) is 10.7. The van der Waals surface area contributed by atoms with Crippen molar-refractivity contribution in [3.8, 4) is 0 Å². The number of aromatic nitrogens is 3. The molecule has 96 valence electrons. The molecule has 0 aliphatic carbocycles. The second-order valence-electron chi connectivity index (χ2n) is 4.92. The monoisotopic (exact) mass is 239 g/mol. The standard InChI is InChI=1S/C11H21N5O/c1-5-11(3,4)13-10(17)7-16-6-9(8(2)12)14-15-16/h6,8H,5,7,12H2,1-4H3,(H,13,17). The van der Waals surface area contributed by atoms with Crippen LogP contribution in [0.3, 0.4) is 0 Å². The fraction of sp³-hybridized carbons (Fsp3) is 0.727. The summed E-state index contributed by atoms with van der Waals surface area (Å²) in [5.74, 6) is -0.0713. The molecule has 0 spiro atoms. The minimum atomic E-state index is -0.193. The van der Waals surface area contributed by atoms with E-state index in [2.05, 4.69) is 15.6 Å². The van der Waals surface area contributed by atoms with Crippen LogP contribution in [-0.2, 0) is 11.3 Å². The van der Waals surface area contributed by atoms with Crippen LogP contribution < -0.4 is 11.1 Å². The minimum Gasteiger partial charge on any atom is -0.350 e. The van der Waals surface area contributed by atoms with Gasteiger partial charge in [-0.1, -0.05) is 12.1 Å². The molecule has 6 nitrogen and oxygen atoms in total. The molecule has 0 aliphatic heterocycles. The third-order valence-corrected chi connectivity index (χ3v) is 2.69. The minimum absolute atomic E-state index is 0.0713. The zero-order chi connectivity index (χ0) is 13.1. The summed E-state index contributed by atoms with van der Waals surface area (Å²) in [6.07, 6.45) is 2.57. The molecular weight excluding hydrogens is 218 g/mol. The Balaban J connectivity index is 2.56. The zero-order valence-corrected chi connectivity index (χ0v) is 10.9. The van der Waals surface area contributed by atoms with Gasteiger partial charge < -0.3 is 11.1 Å². The van der Waals surface area contributed by atoms with E-state index in [1.807, 2.05) is 27.7 Å². The maximum Gasteiger partial charge on any atom is 0.242 e. The molecule has 0 aliphatic rings. The SMILES string of the molecule is CCC(C)(C)NC(=O)Cn1cc(C(C)N)nn1. The van der Waals surface area contributed by atoms with Crippen molar-refractivity contribution in [3.05, 3.63) is 11.9 Å². The van der Waals surface area contributed by atoms with Crippen molar-refractivity contribution >= 4 is 5.91 Å². The summed E-state index contributed by atoms with van der Waals surface area (Å²) in [5.41, 5.74) is 6.16. The number of hydrogen-bond donors (Lipinski definition) is 2. The molecule has 1 amide bonds. The van der Waals surface area contributed by atoms with Crippen LogP contribution in [0.15, 0.2) is 6.20 Å². The third kappa shape index (κ3) is 4.14. The smallest absolute Gasteiger partial charge is 0.242 e. The summed E-state index contributed by atoms with van der Waals surface area (Å²) < 4.78 is 1.50. The fourth-order valence-corrected chi connectivity index (χ4v) is 1.25. The van der Waals surface area contributed by atoms with E-state index in [1.165, 1.54) is 4.68 Å². The average Bonchev–Trinajstić information content (AvgIpc) is 2.65. The summed E-state index contributed by atoms with van der Waals surface area (Å²) in [7, 11) is 0. The molecule has 17 heavy (non-hydrogen) atoms. The van der Waals surface area contributed by atoms with Crippen molar-refractivity contribution in [3.63, 3.8) is 0 Å². The molecular formula is C11H21N5O. The summed E-state index contributed by atoms with van der Waals surface area (Å²) in [6, 6.07) is -0.168. The predicted molar refractivity (Wildman–Crippen MR) is 65.1 cm³/mol. The lowest BCUT2D eigenvalue weighted by Gasteiger charge is -2.24. The third-order valence-electron chi connectivity index (χ3n) is 2.69.